The van der Waals surface area contributed by atoms with E-state index < -0.39 is 6.10 Å². The Morgan fingerprint density at radius 1 is 1.56 bits per heavy atom. The largest absolute Gasteiger partial charge is 0.467 e. The summed E-state index contributed by atoms with van der Waals surface area (Å²) in [6, 6.07) is 0. The standard InChI is InChI=1S/C11H14ClN3O3/c1-7-5-15(6-8(18-7)11(16)17-2)10-4-13-3-9(12)14-10/h3-4,7-8H,5-6H2,1-2H3/t7-,8?/m1/s1. The Morgan fingerprint density at radius 2 is 2.33 bits per heavy atom. The molecular formula is C11H14ClN3O3. The Balaban J connectivity index is 2.15. The quantitative estimate of drug-likeness (QED) is 0.745. The maximum absolute atomic E-state index is 11.5. The Kier molecular flexibility index (Phi) is 3.98. The van der Waals surface area contributed by atoms with E-state index in [0.717, 1.165) is 0 Å². The van der Waals surface area contributed by atoms with E-state index in [0.29, 0.717) is 24.1 Å². The third-order valence-corrected chi connectivity index (χ3v) is 2.82. The molecule has 0 amide bonds. The van der Waals surface area contributed by atoms with Crippen molar-refractivity contribution in [3.8, 4) is 0 Å². The van der Waals surface area contributed by atoms with Crippen molar-refractivity contribution in [2.75, 3.05) is 25.1 Å². The first-order chi connectivity index (χ1) is 8.60. The first-order valence-electron chi connectivity index (χ1n) is 5.56. The Morgan fingerprint density at radius 3 is 3.00 bits per heavy atom. The van der Waals surface area contributed by atoms with Crippen molar-refractivity contribution in [1.29, 1.82) is 0 Å². The zero-order valence-electron chi connectivity index (χ0n) is 10.2. The van der Waals surface area contributed by atoms with Crippen LogP contribution in [-0.4, -0.2) is 48.3 Å². The summed E-state index contributed by atoms with van der Waals surface area (Å²) in [4.78, 5) is 21.6. The van der Waals surface area contributed by atoms with Crippen LogP contribution in [0, 0.1) is 0 Å². The van der Waals surface area contributed by atoms with Gasteiger partial charge in [-0.05, 0) is 6.92 Å². The molecule has 2 rings (SSSR count). The number of ether oxygens (including phenoxy) is 2. The lowest BCUT2D eigenvalue weighted by atomic mass is 10.2. The number of morpholine rings is 1. The maximum Gasteiger partial charge on any atom is 0.336 e. The van der Waals surface area contributed by atoms with Gasteiger partial charge in [-0.1, -0.05) is 11.6 Å². The van der Waals surface area contributed by atoms with Crippen LogP contribution in [0.5, 0.6) is 0 Å². The van der Waals surface area contributed by atoms with Gasteiger partial charge in [0.15, 0.2) is 6.10 Å². The zero-order chi connectivity index (χ0) is 13.1. The normalized spacial score (nSPS) is 23.8. The summed E-state index contributed by atoms with van der Waals surface area (Å²) in [6.07, 6.45) is 2.37. The second-order valence-corrected chi connectivity index (χ2v) is 4.45. The number of carbonyl (C=O) groups is 1. The summed E-state index contributed by atoms with van der Waals surface area (Å²) in [6.45, 7) is 2.90. The van der Waals surface area contributed by atoms with Gasteiger partial charge < -0.3 is 14.4 Å². The van der Waals surface area contributed by atoms with Crippen LogP contribution < -0.4 is 4.90 Å². The van der Waals surface area contributed by atoms with Crippen LogP contribution in [0.15, 0.2) is 12.4 Å². The van der Waals surface area contributed by atoms with E-state index >= 15 is 0 Å². The summed E-state index contributed by atoms with van der Waals surface area (Å²) in [5, 5.41) is 0.321. The summed E-state index contributed by atoms with van der Waals surface area (Å²) < 4.78 is 10.2. The molecule has 0 aliphatic carbocycles. The molecule has 0 N–H and O–H groups in total. The van der Waals surface area contributed by atoms with Crippen LogP contribution >= 0.6 is 11.6 Å². The average molecular weight is 272 g/mol. The van der Waals surface area contributed by atoms with Crippen LogP contribution in [0.25, 0.3) is 0 Å². The first kappa shape index (κ1) is 13.0. The summed E-state index contributed by atoms with van der Waals surface area (Å²) in [5.41, 5.74) is 0. The fourth-order valence-corrected chi connectivity index (χ4v) is 2.03. The van der Waals surface area contributed by atoms with Crippen molar-refractivity contribution >= 4 is 23.4 Å². The van der Waals surface area contributed by atoms with Gasteiger partial charge in [0, 0.05) is 6.54 Å². The minimum atomic E-state index is -0.612. The zero-order valence-corrected chi connectivity index (χ0v) is 10.9. The topological polar surface area (TPSA) is 64.5 Å². The van der Waals surface area contributed by atoms with Crippen LogP contribution in [-0.2, 0) is 14.3 Å². The Labute approximate surface area is 110 Å². The van der Waals surface area contributed by atoms with Crippen LogP contribution in [0.2, 0.25) is 5.15 Å². The fraction of sp³-hybridized carbons (Fsp3) is 0.545. The average Bonchev–Trinajstić information content (AvgIpc) is 2.37. The summed E-state index contributed by atoms with van der Waals surface area (Å²) in [7, 11) is 1.34. The number of aromatic nitrogens is 2. The Bertz CT molecular complexity index is 443. The predicted molar refractivity (Wildman–Crippen MR) is 65.6 cm³/mol. The number of rotatable bonds is 2. The number of hydrogen-bond donors (Lipinski definition) is 0. The number of methoxy groups -OCH3 is 1. The second kappa shape index (κ2) is 5.49. The van der Waals surface area contributed by atoms with Crippen LogP contribution in [0.3, 0.4) is 0 Å². The van der Waals surface area contributed by atoms with Crippen molar-refractivity contribution < 1.29 is 14.3 Å². The molecule has 1 aliphatic heterocycles. The lowest BCUT2D eigenvalue weighted by Crippen LogP contribution is -2.50. The van der Waals surface area contributed by atoms with E-state index in [2.05, 4.69) is 9.97 Å². The van der Waals surface area contributed by atoms with Gasteiger partial charge in [-0.25, -0.2) is 9.78 Å². The number of carbonyl (C=O) groups excluding carboxylic acids is 1. The molecule has 98 valence electrons. The highest BCUT2D eigenvalue weighted by atomic mass is 35.5. The molecule has 0 radical (unpaired) electrons. The summed E-state index contributed by atoms with van der Waals surface area (Å²) in [5.74, 6) is 0.244. The predicted octanol–water partition coefficient (Wildman–Crippen LogP) is 0.897. The monoisotopic (exact) mass is 271 g/mol. The first-order valence-corrected chi connectivity index (χ1v) is 5.93. The van der Waals surface area contributed by atoms with Crippen LogP contribution in [0.1, 0.15) is 6.92 Å². The van der Waals surface area contributed by atoms with Crippen molar-refractivity contribution in [1.82, 2.24) is 9.97 Å². The van der Waals surface area contributed by atoms with E-state index in [1.54, 1.807) is 6.20 Å². The highest BCUT2D eigenvalue weighted by Crippen LogP contribution is 2.19. The van der Waals surface area contributed by atoms with Gasteiger partial charge in [0.05, 0.1) is 32.2 Å². The molecule has 2 heterocycles. The van der Waals surface area contributed by atoms with Gasteiger partial charge >= 0.3 is 5.97 Å². The molecule has 1 unspecified atom stereocenters. The lowest BCUT2D eigenvalue weighted by molar-refractivity contribution is -0.158. The van der Waals surface area contributed by atoms with E-state index in [1.165, 1.54) is 13.3 Å². The van der Waals surface area contributed by atoms with Gasteiger partial charge in [0.2, 0.25) is 0 Å². The fourth-order valence-electron chi connectivity index (χ4n) is 1.89. The molecule has 1 saturated heterocycles. The molecule has 18 heavy (non-hydrogen) atoms. The van der Waals surface area contributed by atoms with Crippen LogP contribution in [0.4, 0.5) is 5.82 Å². The van der Waals surface area contributed by atoms with Crippen molar-refractivity contribution in [2.45, 2.75) is 19.1 Å². The number of nitrogens with zero attached hydrogens (tertiary/aromatic N) is 3. The van der Waals surface area contributed by atoms with Gasteiger partial charge in [0.25, 0.3) is 0 Å². The molecule has 0 spiro atoms. The second-order valence-electron chi connectivity index (χ2n) is 4.06. The van der Waals surface area contributed by atoms with Crippen molar-refractivity contribution in [3.05, 3.63) is 17.5 Å². The number of halogens is 1. The van der Waals surface area contributed by atoms with Gasteiger partial charge in [-0.3, -0.25) is 4.98 Å². The smallest absolute Gasteiger partial charge is 0.336 e. The molecule has 7 heteroatoms. The molecule has 0 bridgehead atoms. The third kappa shape index (κ3) is 2.88. The highest BCUT2D eigenvalue weighted by molar-refractivity contribution is 6.29. The molecule has 1 aromatic heterocycles. The SMILES string of the molecule is COC(=O)C1CN(c2cncc(Cl)n2)C[C@@H](C)O1. The van der Waals surface area contributed by atoms with Crippen molar-refractivity contribution in [3.63, 3.8) is 0 Å². The molecule has 0 aromatic carbocycles. The minimum absolute atomic E-state index is 0.0939. The van der Waals surface area contributed by atoms with E-state index in [1.807, 2.05) is 11.8 Å². The molecular weight excluding hydrogens is 258 g/mol. The third-order valence-electron chi connectivity index (χ3n) is 2.64. The number of hydrogen-bond acceptors (Lipinski definition) is 6. The molecule has 2 atom stereocenters. The highest BCUT2D eigenvalue weighted by Gasteiger charge is 2.31. The van der Waals surface area contributed by atoms with Crippen molar-refractivity contribution in [2.24, 2.45) is 0 Å². The number of esters is 1. The molecule has 6 nitrogen and oxygen atoms in total. The number of anilines is 1. The molecule has 1 aliphatic rings. The van der Waals surface area contributed by atoms with Gasteiger partial charge in [-0.2, -0.15) is 0 Å². The minimum Gasteiger partial charge on any atom is -0.467 e. The molecule has 1 aromatic rings. The van der Waals surface area contributed by atoms with E-state index in [9.17, 15) is 4.79 Å². The maximum atomic E-state index is 11.5. The lowest BCUT2D eigenvalue weighted by Gasteiger charge is -2.35. The van der Waals surface area contributed by atoms with E-state index in [-0.39, 0.29) is 12.1 Å². The van der Waals surface area contributed by atoms with Gasteiger partial charge in [0.1, 0.15) is 11.0 Å². The Hall–Kier alpha value is -1.40. The van der Waals surface area contributed by atoms with E-state index in [4.69, 9.17) is 21.1 Å². The molecule has 0 saturated carbocycles. The van der Waals surface area contributed by atoms with Gasteiger partial charge in [-0.15, -0.1) is 0 Å². The molecule has 1 fully saturated rings. The summed E-state index contributed by atoms with van der Waals surface area (Å²) >= 11 is 5.80.